The summed E-state index contributed by atoms with van der Waals surface area (Å²) in [7, 11) is 0. The first-order valence-corrected chi connectivity index (χ1v) is 7.73. The molecule has 0 radical (unpaired) electrons. The lowest BCUT2D eigenvalue weighted by molar-refractivity contribution is 0.0909. The highest BCUT2D eigenvalue weighted by molar-refractivity contribution is 5.94. The SMILES string of the molecule is Cc1ccccc1Cn1c(C)cc(C)c1C(=O)NC(C)(C)C. The number of hydrogen-bond acceptors (Lipinski definition) is 1. The van der Waals surface area contributed by atoms with E-state index in [1.54, 1.807) is 0 Å². The van der Waals surface area contributed by atoms with Crippen LogP contribution >= 0.6 is 0 Å². The number of nitrogens with zero attached hydrogens (tertiary/aromatic N) is 1. The van der Waals surface area contributed by atoms with E-state index in [4.69, 9.17) is 0 Å². The van der Waals surface area contributed by atoms with Gasteiger partial charge in [0.05, 0.1) is 0 Å². The van der Waals surface area contributed by atoms with Crippen LogP contribution in [0.3, 0.4) is 0 Å². The first-order chi connectivity index (χ1) is 10.2. The van der Waals surface area contributed by atoms with Crippen LogP contribution in [-0.4, -0.2) is 16.0 Å². The first-order valence-electron chi connectivity index (χ1n) is 7.73. The minimum atomic E-state index is -0.241. The lowest BCUT2D eigenvalue weighted by Crippen LogP contribution is -2.41. The highest BCUT2D eigenvalue weighted by Gasteiger charge is 2.21. The average Bonchev–Trinajstić information content (AvgIpc) is 2.65. The van der Waals surface area contributed by atoms with E-state index in [1.165, 1.54) is 11.1 Å². The topological polar surface area (TPSA) is 34.0 Å². The lowest BCUT2D eigenvalue weighted by atomic mass is 10.1. The van der Waals surface area contributed by atoms with Crippen molar-refractivity contribution in [2.45, 2.75) is 53.6 Å². The van der Waals surface area contributed by atoms with Crippen molar-refractivity contribution >= 4 is 5.91 Å². The zero-order valence-electron chi connectivity index (χ0n) is 14.4. The van der Waals surface area contributed by atoms with Gasteiger partial charge in [0.15, 0.2) is 0 Å². The maximum absolute atomic E-state index is 12.7. The second-order valence-corrected chi connectivity index (χ2v) is 7.03. The second kappa shape index (κ2) is 5.99. The van der Waals surface area contributed by atoms with Gasteiger partial charge < -0.3 is 9.88 Å². The van der Waals surface area contributed by atoms with Gasteiger partial charge >= 0.3 is 0 Å². The maximum Gasteiger partial charge on any atom is 0.268 e. The maximum atomic E-state index is 12.7. The summed E-state index contributed by atoms with van der Waals surface area (Å²) in [4.78, 5) is 12.7. The van der Waals surface area contributed by atoms with E-state index >= 15 is 0 Å². The molecule has 0 unspecified atom stereocenters. The minimum Gasteiger partial charge on any atom is -0.346 e. The van der Waals surface area contributed by atoms with Crippen molar-refractivity contribution in [1.29, 1.82) is 0 Å². The number of carbonyl (C=O) groups is 1. The Labute approximate surface area is 133 Å². The number of aryl methyl sites for hydroxylation is 3. The van der Waals surface area contributed by atoms with Gasteiger partial charge in [-0.1, -0.05) is 24.3 Å². The summed E-state index contributed by atoms with van der Waals surface area (Å²) in [6.07, 6.45) is 0. The van der Waals surface area contributed by atoms with Crippen LogP contribution in [0.5, 0.6) is 0 Å². The van der Waals surface area contributed by atoms with Gasteiger partial charge in [-0.2, -0.15) is 0 Å². The summed E-state index contributed by atoms with van der Waals surface area (Å²) >= 11 is 0. The summed E-state index contributed by atoms with van der Waals surface area (Å²) < 4.78 is 2.11. The molecule has 1 amide bonds. The van der Waals surface area contributed by atoms with Gasteiger partial charge in [0.1, 0.15) is 5.69 Å². The van der Waals surface area contributed by atoms with Gasteiger partial charge in [0, 0.05) is 17.8 Å². The molecule has 0 spiro atoms. The number of aromatic nitrogens is 1. The Morgan fingerprint density at radius 1 is 1.09 bits per heavy atom. The summed E-state index contributed by atoms with van der Waals surface area (Å²) in [5.74, 6) is -0.00770. The summed E-state index contributed by atoms with van der Waals surface area (Å²) in [6, 6.07) is 10.4. The molecule has 22 heavy (non-hydrogen) atoms. The molecule has 0 aliphatic heterocycles. The van der Waals surface area contributed by atoms with E-state index in [0.29, 0.717) is 0 Å². The number of hydrogen-bond donors (Lipinski definition) is 1. The van der Waals surface area contributed by atoms with Gasteiger partial charge in [-0.3, -0.25) is 4.79 Å². The van der Waals surface area contributed by atoms with Crippen LogP contribution in [0.2, 0.25) is 0 Å². The number of nitrogens with one attached hydrogen (secondary N) is 1. The van der Waals surface area contributed by atoms with Crippen molar-refractivity contribution in [2.24, 2.45) is 0 Å². The van der Waals surface area contributed by atoms with Crippen molar-refractivity contribution in [2.75, 3.05) is 0 Å². The molecule has 0 atom stereocenters. The molecular weight excluding hydrogens is 272 g/mol. The molecule has 1 heterocycles. The molecule has 1 aromatic carbocycles. The van der Waals surface area contributed by atoms with E-state index in [9.17, 15) is 4.79 Å². The third-order valence-corrected chi connectivity index (χ3v) is 3.79. The van der Waals surface area contributed by atoms with Crippen molar-refractivity contribution < 1.29 is 4.79 Å². The number of rotatable bonds is 3. The van der Waals surface area contributed by atoms with E-state index < -0.39 is 0 Å². The third-order valence-electron chi connectivity index (χ3n) is 3.79. The van der Waals surface area contributed by atoms with E-state index in [1.807, 2.05) is 39.8 Å². The molecule has 0 bridgehead atoms. The van der Waals surface area contributed by atoms with Crippen molar-refractivity contribution in [3.63, 3.8) is 0 Å². The van der Waals surface area contributed by atoms with Crippen LogP contribution in [0.4, 0.5) is 0 Å². The summed E-state index contributed by atoms with van der Waals surface area (Å²) in [6.45, 7) is 12.9. The Morgan fingerprint density at radius 2 is 1.73 bits per heavy atom. The fourth-order valence-corrected chi connectivity index (χ4v) is 2.71. The number of benzene rings is 1. The number of amides is 1. The third kappa shape index (κ3) is 3.59. The summed E-state index contributed by atoms with van der Waals surface area (Å²) in [5, 5.41) is 3.07. The monoisotopic (exact) mass is 298 g/mol. The van der Waals surface area contributed by atoms with E-state index in [0.717, 1.165) is 23.5 Å². The van der Waals surface area contributed by atoms with Gasteiger partial charge in [-0.15, -0.1) is 0 Å². The fraction of sp³-hybridized carbons (Fsp3) is 0.421. The number of carbonyl (C=O) groups excluding carboxylic acids is 1. The molecule has 0 aliphatic carbocycles. The predicted molar refractivity (Wildman–Crippen MR) is 91.4 cm³/mol. The first kappa shape index (κ1) is 16.3. The molecule has 1 aromatic heterocycles. The second-order valence-electron chi connectivity index (χ2n) is 7.03. The standard InChI is InChI=1S/C19H26N2O/c1-13-9-7-8-10-16(13)12-21-15(3)11-14(2)17(21)18(22)20-19(4,5)6/h7-11H,12H2,1-6H3,(H,20,22). The fourth-order valence-electron chi connectivity index (χ4n) is 2.71. The van der Waals surface area contributed by atoms with Gasteiger partial charge in [0.2, 0.25) is 0 Å². The largest absolute Gasteiger partial charge is 0.346 e. The molecule has 3 heteroatoms. The van der Waals surface area contributed by atoms with Crippen LogP contribution in [0.15, 0.2) is 30.3 Å². The zero-order valence-corrected chi connectivity index (χ0v) is 14.4. The Kier molecular flexibility index (Phi) is 4.45. The zero-order chi connectivity index (χ0) is 16.5. The highest BCUT2D eigenvalue weighted by atomic mass is 16.2. The van der Waals surface area contributed by atoms with Crippen molar-refractivity contribution in [1.82, 2.24) is 9.88 Å². The normalized spacial score (nSPS) is 11.5. The molecule has 0 saturated carbocycles. The van der Waals surface area contributed by atoms with Gasteiger partial charge in [-0.25, -0.2) is 0 Å². The summed E-state index contributed by atoms with van der Waals surface area (Å²) in [5.41, 5.74) is 5.14. The molecule has 118 valence electrons. The van der Waals surface area contributed by atoms with Crippen LogP contribution < -0.4 is 5.32 Å². The van der Waals surface area contributed by atoms with Gasteiger partial charge in [-0.05, 0) is 64.3 Å². The van der Waals surface area contributed by atoms with Crippen LogP contribution in [0.1, 0.15) is 53.6 Å². The molecule has 0 saturated heterocycles. The molecule has 1 N–H and O–H groups in total. The molecular formula is C19H26N2O. The molecule has 0 fully saturated rings. The Balaban J connectivity index is 2.40. The Morgan fingerprint density at radius 3 is 2.32 bits per heavy atom. The highest BCUT2D eigenvalue weighted by Crippen LogP contribution is 2.19. The molecule has 2 rings (SSSR count). The van der Waals surface area contributed by atoms with Crippen molar-refractivity contribution in [3.8, 4) is 0 Å². The molecule has 2 aromatic rings. The quantitative estimate of drug-likeness (QED) is 0.913. The molecule has 0 aliphatic rings. The van der Waals surface area contributed by atoms with Crippen LogP contribution in [-0.2, 0) is 6.54 Å². The smallest absolute Gasteiger partial charge is 0.268 e. The van der Waals surface area contributed by atoms with Gasteiger partial charge in [0.25, 0.3) is 5.91 Å². The Hall–Kier alpha value is -2.03. The predicted octanol–water partition coefficient (Wildman–Crippen LogP) is 3.99. The van der Waals surface area contributed by atoms with Crippen LogP contribution in [0, 0.1) is 20.8 Å². The molecule has 3 nitrogen and oxygen atoms in total. The van der Waals surface area contributed by atoms with Crippen molar-refractivity contribution in [3.05, 3.63) is 58.4 Å². The van der Waals surface area contributed by atoms with Crippen LogP contribution in [0.25, 0.3) is 0 Å². The Bertz CT molecular complexity index is 690. The average molecular weight is 298 g/mol. The van der Waals surface area contributed by atoms with E-state index in [2.05, 4.69) is 41.9 Å². The van der Waals surface area contributed by atoms with E-state index in [-0.39, 0.29) is 11.4 Å². The lowest BCUT2D eigenvalue weighted by Gasteiger charge is -2.22. The minimum absolute atomic E-state index is 0.00770.